The van der Waals surface area contributed by atoms with Crippen LogP contribution in [-0.2, 0) is 0 Å². The highest BCUT2D eigenvalue weighted by molar-refractivity contribution is 4.99. The lowest BCUT2D eigenvalue weighted by molar-refractivity contribution is 0.328. The Labute approximate surface area is 94.3 Å². The van der Waals surface area contributed by atoms with Gasteiger partial charge in [0, 0.05) is 12.1 Å². The van der Waals surface area contributed by atoms with E-state index in [2.05, 4.69) is 24.4 Å². The molecule has 0 amide bonds. The molecule has 1 nitrogen and oxygen atoms in total. The van der Waals surface area contributed by atoms with Gasteiger partial charge in [0.15, 0.2) is 0 Å². The molecule has 0 heterocycles. The first-order chi connectivity index (χ1) is 7.36. The minimum Gasteiger partial charge on any atom is -0.308 e. The summed E-state index contributed by atoms with van der Waals surface area (Å²) in [4.78, 5) is 0. The second-order valence-corrected chi connectivity index (χ2v) is 5.35. The van der Waals surface area contributed by atoms with Gasteiger partial charge < -0.3 is 5.32 Å². The van der Waals surface area contributed by atoms with Gasteiger partial charge in [-0.2, -0.15) is 0 Å². The summed E-state index contributed by atoms with van der Waals surface area (Å²) in [5.74, 6) is 0.878. The zero-order chi connectivity index (χ0) is 10.5. The average molecular weight is 207 g/mol. The molecular weight excluding hydrogens is 182 g/mol. The van der Waals surface area contributed by atoms with E-state index in [-0.39, 0.29) is 0 Å². The minimum absolute atomic E-state index is 0.671. The molecule has 1 N–H and O–H groups in total. The SMILES string of the molecule is CC1CCCCCC1NC1C=CCCC1. The highest BCUT2D eigenvalue weighted by Gasteiger charge is 2.21. The van der Waals surface area contributed by atoms with Crippen molar-refractivity contribution in [3.05, 3.63) is 12.2 Å². The molecule has 0 saturated heterocycles. The first kappa shape index (κ1) is 11.2. The fourth-order valence-corrected chi connectivity index (χ4v) is 2.97. The van der Waals surface area contributed by atoms with Crippen molar-refractivity contribution in [2.45, 2.75) is 70.4 Å². The van der Waals surface area contributed by atoms with Gasteiger partial charge in [0.1, 0.15) is 0 Å². The van der Waals surface area contributed by atoms with Crippen LogP contribution in [-0.4, -0.2) is 12.1 Å². The molecular formula is C14H25N. The molecule has 0 aromatic carbocycles. The lowest BCUT2D eigenvalue weighted by Crippen LogP contribution is -2.41. The molecule has 2 aliphatic rings. The second-order valence-electron chi connectivity index (χ2n) is 5.35. The third-order valence-electron chi connectivity index (χ3n) is 4.04. The van der Waals surface area contributed by atoms with Crippen LogP contribution >= 0.6 is 0 Å². The van der Waals surface area contributed by atoms with Crippen LogP contribution in [0.5, 0.6) is 0 Å². The summed E-state index contributed by atoms with van der Waals surface area (Å²) < 4.78 is 0. The van der Waals surface area contributed by atoms with Crippen LogP contribution in [0.2, 0.25) is 0 Å². The average Bonchev–Trinajstić information content (AvgIpc) is 2.46. The monoisotopic (exact) mass is 207 g/mol. The topological polar surface area (TPSA) is 12.0 Å². The highest BCUT2D eigenvalue weighted by atomic mass is 15.0. The molecule has 0 aromatic heterocycles. The van der Waals surface area contributed by atoms with E-state index in [4.69, 9.17) is 0 Å². The smallest absolute Gasteiger partial charge is 0.0252 e. The summed E-state index contributed by atoms with van der Waals surface area (Å²) in [5.41, 5.74) is 0. The van der Waals surface area contributed by atoms with Crippen molar-refractivity contribution in [1.82, 2.24) is 5.32 Å². The van der Waals surface area contributed by atoms with E-state index in [9.17, 15) is 0 Å². The summed E-state index contributed by atoms with van der Waals surface area (Å²) in [7, 11) is 0. The van der Waals surface area contributed by atoms with Gasteiger partial charge in [0.25, 0.3) is 0 Å². The molecule has 3 atom stereocenters. The van der Waals surface area contributed by atoms with Crippen molar-refractivity contribution in [2.24, 2.45) is 5.92 Å². The van der Waals surface area contributed by atoms with Gasteiger partial charge in [-0.3, -0.25) is 0 Å². The maximum absolute atomic E-state index is 3.86. The Kier molecular flexibility index (Phi) is 4.25. The van der Waals surface area contributed by atoms with Crippen molar-refractivity contribution in [3.8, 4) is 0 Å². The van der Waals surface area contributed by atoms with Gasteiger partial charge in [-0.15, -0.1) is 0 Å². The fourth-order valence-electron chi connectivity index (χ4n) is 2.97. The van der Waals surface area contributed by atoms with Gasteiger partial charge in [0.05, 0.1) is 0 Å². The maximum atomic E-state index is 3.86. The molecule has 1 heteroatoms. The number of hydrogen-bond donors (Lipinski definition) is 1. The van der Waals surface area contributed by atoms with Crippen LogP contribution in [0.4, 0.5) is 0 Å². The van der Waals surface area contributed by atoms with E-state index in [0.717, 1.165) is 12.0 Å². The Morgan fingerprint density at radius 3 is 2.67 bits per heavy atom. The molecule has 0 bridgehead atoms. The summed E-state index contributed by atoms with van der Waals surface area (Å²) in [6.45, 7) is 2.43. The minimum atomic E-state index is 0.671. The van der Waals surface area contributed by atoms with Gasteiger partial charge in [-0.25, -0.2) is 0 Å². The van der Waals surface area contributed by atoms with Crippen molar-refractivity contribution < 1.29 is 0 Å². The standard InChI is InChI=1S/C14H25N/c1-12-8-4-2-7-11-14(12)15-13-9-5-3-6-10-13/h5,9,12-15H,2-4,6-8,10-11H2,1H3. The first-order valence-corrected chi connectivity index (χ1v) is 6.79. The Morgan fingerprint density at radius 2 is 1.87 bits per heavy atom. The summed E-state index contributed by atoms with van der Waals surface area (Å²) in [5, 5.41) is 3.86. The van der Waals surface area contributed by atoms with Gasteiger partial charge in [0.2, 0.25) is 0 Å². The predicted octanol–water partition coefficient (Wildman–Crippen LogP) is 3.65. The molecule has 0 aromatic rings. The van der Waals surface area contributed by atoms with Crippen LogP contribution in [0.1, 0.15) is 58.3 Å². The summed E-state index contributed by atoms with van der Waals surface area (Å²) >= 11 is 0. The molecule has 2 aliphatic carbocycles. The van der Waals surface area contributed by atoms with E-state index in [1.54, 1.807) is 0 Å². The largest absolute Gasteiger partial charge is 0.308 e. The molecule has 3 unspecified atom stereocenters. The number of allylic oxidation sites excluding steroid dienone is 1. The van der Waals surface area contributed by atoms with Gasteiger partial charge in [-0.05, 0) is 38.0 Å². The quantitative estimate of drug-likeness (QED) is 0.538. The van der Waals surface area contributed by atoms with Crippen molar-refractivity contribution in [3.63, 3.8) is 0 Å². The highest BCUT2D eigenvalue weighted by Crippen LogP contribution is 2.24. The summed E-state index contributed by atoms with van der Waals surface area (Å²) in [6, 6.07) is 1.45. The lowest BCUT2D eigenvalue weighted by atomic mass is 9.94. The third-order valence-corrected chi connectivity index (χ3v) is 4.04. The Morgan fingerprint density at radius 1 is 1.00 bits per heavy atom. The van der Waals surface area contributed by atoms with Gasteiger partial charge >= 0.3 is 0 Å². The van der Waals surface area contributed by atoms with Crippen LogP contribution in [0.3, 0.4) is 0 Å². The van der Waals surface area contributed by atoms with Crippen LogP contribution in [0, 0.1) is 5.92 Å². The second kappa shape index (κ2) is 5.69. The van der Waals surface area contributed by atoms with Crippen LogP contribution in [0.15, 0.2) is 12.2 Å². The molecule has 0 aliphatic heterocycles. The maximum Gasteiger partial charge on any atom is 0.0252 e. The van der Waals surface area contributed by atoms with Crippen LogP contribution < -0.4 is 5.32 Å². The number of rotatable bonds is 2. The third kappa shape index (κ3) is 3.34. The zero-order valence-corrected chi connectivity index (χ0v) is 10.0. The Balaban J connectivity index is 1.85. The van der Waals surface area contributed by atoms with Crippen molar-refractivity contribution >= 4 is 0 Å². The molecule has 0 spiro atoms. The Bertz CT molecular complexity index is 209. The molecule has 86 valence electrons. The summed E-state index contributed by atoms with van der Waals surface area (Å²) in [6.07, 6.45) is 15.9. The number of hydrogen-bond acceptors (Lipinski definition) is 1. The first-order valence-electron chi connectivity index (χ1n) is 6.79. The van der Waals surface area contributed by atoms with Crippen LogP contribution in [0.25, 0.3) is 0 Å². The lowest BCUT2D eigenvalue weighted by Gasteiger charge is -2.28. The molecule has 2 rings (SSSR count). The molecule has 15 heavy (non-hydrogen) atoms. The number of nitrogens with one attached hydrogen (secondary N) is 1. The van der Waals surface area contributed by atoms with Crippen molar-refractivity contribution in [2.75, 3.05) is 0 Å². The molecule has 1 saturated carbocycles. The van der Waals surface area contributed by atoms with E-state index in [0.29, 0.717) is 6.04 Å². The molecule has 0 radical (unpaired) electrons. The normalized spacial score (nSPS) is 37.5. The van der Waals surface area contributed by atoms with E-state index >= 15 is 0 Å². The van der Waals surface area contributed by atoms with Gasteiger partial charge in [-0.1, -0.05) is 38.3 Å². The van der Waals surface area contributed by atoms with Crippen molar-refractivity contribution in [1.29, 1.82) is 0 Å². The fraction of sp³-hybridized carbons (Fsp3) is 0.857. The predicted molar refractivity (Wildman–Crippen MR) is 66.0 cm³/mol. The van der Waals surface area contributed by atoms with E-state index in [1.807, 2.05) is 0 Å². The van der Waals surface area contributed by atoms with E-state index < -0.39 is 0 Å². The Hall–Kier alpha value is -0.300. The van der Waals surface area contributed by atoms with E-state index in [1.165, 1.54) is 51.4 Å². The molecule has 1 fully saturated rings. The zero-order valence-electron chi connectivity index (χ0n) is 10.0.